The summed E-state index contributed by atoms with van der Waals surface area (Å²) in [5.41, 5.74) is 2.35. The monoisotopic (exact) mass is 258 g/mol. The third-order valence-corrected chi connectivity index (χ3v) is 3.31. The summed E-state index contributed by atoms with van der Waals surface area (Å²) in [6, 6.07) is 11.5. The minimum Gasteiger partial charge on any atom is -0.335 e. The summed E-state index contributed by atoms with van der Waals surface area (Å²) in [6.07, 6.45) is 0.838. The fourth-order valence-electron chi connectivity index (χ4n) is 2.46. The van der Waals surface area contributed by atoms with Crippen LogP contribution in [-0.2, 0) is 6.42 Å². The van der Waals surface area contributed by atoms with E-state index < -0.39 is 10.7 Å². The largest absolute Gasteiger partial charge is 0.335 e. The maximum Gasteiger partial charge on any atom is 0.295 e. The third kappa shape index (κ3) is 1.93. The molecule has 5 heteroatoms. The van der Waals surface area contributed by atoms with Crippen molar-refractivity contribution in [3.8, 4) is 0 Å². The number of rotatable bonds is 2. The van der Waals surface area contributed by atoms with Crippen LogP contribution in [-0.4, -0.2) is 11.5 Å². The summed E-state index contributed by atoms with van der Waals surface area (Å²) < 4.78 is 13.2. The minimum atomic E-state index is -0.595. The van der Waals surface area contributed by atoms with Crippen molar-refractivity contribution < 1.29 is 9.31 Å². The molecule has 0 amide bonds. The summed E-state index contributed by atoms with van der Waals surface area (Å²) >= 11 is 0. The second kappa shape index (κ2) is 4.35. The highest BCUT2D eigenvalue weighted by molar-refractivity contribution is 5.76. The lowest BCUT2D eigenvalue weighted by molar-refractivity contribution is -0.384. The van der Waals surface area contributed by atoms with Crippen LogP contribution in [0.1, 0.15) is 5.56 Å². The van der Waals surface area contributed by atoms with Crippen molar-refractivity contribution in [3.63, 3.8) is 0 Å². The number of hydrogen-bond acceptors (Lipinski definition) is 3. The lowest BCUT2D eigenvalue weighted by atomic mass is 10.2. The molecule has 3 rings (SSSR count). The van der Waals surface area contributed by atoms with Gasteiger partial charge < -0.3 is 4.90 Å². The van der Waals surface area contributed by atoms with Crippen LogP contribution >= 0.6 is 0 Å². The van der Waals surface area contributed by atoms with Gasteiger partial charge in [-0.2, -0.15) is 0 Å². The molecule has 1 heterocycles. The van der Waals surface area contributed by atoms with Crippen molar-refractivity contribution in [2.75, 3.05) is 11.4 Å². The molecule has 0 atom stereocenters. The second-order valence-corrected chi connectivity index (χ2v) is 4.42. The number of anilines is 2. The van der Waals surface area contributed by atoms with Gasteiger partial charge in [0.2, 0.25) is 0 Å². The summed E-state index contributed by atoms with van der Waals surface area (Å²) in [6.45, 7) is 0.672. The molecule has 19 heavy (non-hydrogen) atoms. The number of nitro groups is 1. The van der Waals surface area contributed by atoms with Gasteiger partial charge in [-0.3, -0.25) is 10.1 Å². The van der Waals surface area contributed by atoms with Crippen molar-refractivity contribution in [2.24, 2.45) is 0 Å². The normalized spacial score (nSPS) is 13.4. The fourth-order valence-corrected chi connectivity index (χ4v) is 2.46. The Bertz CT molecular complexity index is 658. The first kappa shape index (κ1) is 11.6. The predicted molar refractivity (Wildman–Crippen MR) is 70.2 cm³/mol. The Kier molecular flexibility index (Phi) is 2.67. The first-order valence-corrected chi connectivity index (χ1v) is 5.96. The average Bonchev–Trinajstić information content (AvgIpc) is 2.82. The highest BCUT2D eigenvalue weighted by atomic mass is 19.1. The van der Waals surface area contributed by atoms with E-state index in [-0.39, 0.29) is 5.69 Å². The molecule has 0 spiro atoms. The molecule has 96 valence electrons. The van der Waals surface area contributed by atoms with Crippen molar-refractivity contribution in [1.29, 1.82) is 0 Å². The van der Waals surface area contributed by atoms with Crippen molar-refractivity contribution >= 4 is 17.1 Å². The number of para-hydroxylation sites is 1. The third-order valence-electron chi connectivity index (χ3n) is 3.31. The van der Waals surface area contributed by atoms with E-state index in [1.54, 1.807) is 0 Å². The SMILES string of the molecule is O=[N+]([O-])c1cc(F)ccc1N1CCc2ccccc21. The molecule has 0 fully saturated rings. The van der Waals surface area contributed by atoms with Crippen LogP contribution in [0.4, 0.5) is 21.5 Å². The van der Waals surface area contributed by atoms with Crippen LogP contribution < -0.4 is 4.90 Å². The molecule has 0 N–H and O–H groups in total. The lowest BCUT2D eigenvalue weighted by Crippen LogP contribution is -2.15. The Morgan fingerprint density at radius 2 is 1.95 bits per heavy atom. The molecule has 2 aromatic rings. The molecule has 0 aromatic heterocycles. The van der Waals surface area contributed by atoms with Gasteiger partial charge in [-0.15, -0.1) is 0 Å². The van der Waals surface area contributed by atoms with Crippen LogP contribution in [0.2, 0.25) is 0 Å². The second-order valence-electron chi connectivity index (χ2n) is 4.42. The van der Waals surface area contributed by atoms with E-state index in [1.165, 1.54) is 12.1 Å². The Hall–Kier alpha value is -2.43. The Morgan fingerprint density at radius 1 is 1.16 bits per heavy atom. The molecular formula is C14H11FN2O2. The molecule has 2 aromatic carbocycles. The van der Waals surface area contributed by atoms with Gasteiger partial charge in [0.05, 0.1) is 11.0 Å². The molecule has 1 aliphatic rings. The minimum absolute atomic E-state index is 0.197. The molecule has 0 saturated heterocycles. The first-order chi connectivity index (χ1) is 9.16. The molecular weight excluding hydrogens is 247 g/mol. The molecule has 0 unspecified atom stereocenters. The highest BCUT2D eigenvalue weighted by Gasteiger charge is 2.26. The van der Waals surface area contributed by atoms with Crippen molar-refractivity contribution in [2.45, 2.75) is 6.42 Å². The summed E-state index contributed by atoms with van der Waals surface area (Å²) in [5.74, 6) is -0.595. The Balaban J connectivity index is 2.12. The van der Waals surface area contributed by atoms with Crippen LogP contribution in [0.15, 0.2) is 42.5 Å². The number of hydrogen-bond donors (Lipinski definition) is 0. The van der Waals surface area contributed by atoms with E-state index in [4.69, 9.17) is 0 Å². The fraction of sp³-hybridized carbons (Fsp3) is 0.143. The van der Waals surface area contributed by atoms with Crippen LogP contribution in [0.3, 0.4) is 0 Å². The van der Waals surface area contributed by atoms with Gasteiger partial charge in [0.1, 0.15) is 11.5 Å². The maximum absolute atomic E-state index is 13.2. The van der Waals surface area contributed by atoms with Crippen LogP contribution in [0.5, 0.6) is 0 Å². The van der Waals surface area contributed by atoms with Gasteiger partial charge in [0, 0.05) is 12.2 Å². The average molecular weight is 258 g/mol. The Morgan fingerprint density at radius 3 is 2.74 bits per heavy atom. The van der Waals surface area contributed by atoms with E-state index in [0.29, 0.717) is 12.2 Å². The van der Waals surface area contributed by atoms with E-state index in [2.05, 4.69) is 0 Å². The standard InChI is InChI=1S/C14H11FN2O2/c15-11-5-6-13(14(9-11)17(18)19)16-8-7-10-3-1-2-4-12(10)16/h1-6,9H,7-8H2. The van der Waals surface area contributed by atoms with E-state index in [9.17, 15) is 14.5 Å². The van der Waals surface area contributed by atoms with Gasteiger partial charge in [0.25, 0.3) is 5.69 Å². The zero-order chi connectivity index (χ0) is 13.4. The molecule has 0 bridgehead atoms. The van der Waals surface area contributed by atoms with Gasteiger partial charge in [-0.05, 0) is 30.2 Å². The summed E-state index contributed by atoms with van der Waals surface area (Å²) in [5, 5.41) is 11.1. The van der Waals surface area contributed by atoms with Gasteiger partial charge in [-0.1, -0.05) is 18.2 Å². The number of fused-ring (bicyclic) bond motifs is 1. The number of nitrogens with zero attached hydrogens (tertiary/aromatic N) is 2. The van der Waals surface area contributed by atoms with Crippen molar-refractivity contribution in [3.05, 3.63) is 64.0 Å². The number of halogens is 1. The van der Waals surface area contributed by atoms with E-state index in [0.717, 1.165) is 23.7 Å². The Labute approximate surface area is 109 Å². The quantitative estimate of drug-likeness (QED) is 0.612. The smallest absolute Gasteiger partial charge is 0.295 e. The molecule has 0 saturated carbocycles. The van der Waals surface area contributed by atoms with E-state index >= 15 is 0 Å². The summed E-state index contributed by atoms with van der Waals surface area (Å²) in [7, 11) is 0. The number of nitro benzene ring substituents is 1. The highest BCUT2D eigenvalue weighted by Crippen LogP contribution is 2.39. The van der Waals surface area contributed by atoms with Crippen LogP contribution in [0, 0.1) is 15.9 Å². The number of benzene rings is 2. The van der Waals surface area contributed by atoms with Crippen LogP contribution in [0.25, 0.3) is 0 Å². The zero-order valence-corrected chi connectivity index (χ0v) is 10.0. The van der Waals surface area contributed by atoms with Gasteiger partial charge in [-0.25, -0.2) is 4.39 Å². The molecule has 4 nitrogen and oxygen atoms in total. The van der Waals surface area contributed by atoms with Gasteiger partial charge in [0.15, 0.2) is 0 Å². The summed E-state index contributed by atoms with van der Waals surface area (Å²) in [4.78, 5) is 12.4. The zero-order valence-electron chi connectivity index (χ0n) is 10.0. The van der Waals surface area contributed by atoms with Crippen molar-refractivity contribution in [1.82, 2.24) is 0 Å². The maximum atomic E-state index is 13.2. The molecule has 0 aliphatic carbocycles. The van der Waals surface area contributed by atoms with Gasteiger partial charge >= 0.3 is 0 Å². The topological polar surface area (TPSA) is 46.4 Å². The first-order valence-electron chi connectivity index (χ1n) is 5.96. The molecule has 1 aliphatic heterocycles. The predicted octanol–water partition coefficient (Wildman–Crippen LogP) is 3.43. The molecule has 0 radical (unpaired) electrons. The van der Waals surface area contributed by atoms with E-state index in [1.807, 2.05) is 29.2 Å². The lowest BCUT2D eigenvalue weighted by Gasteiger charge is -2.19.